The molecule has 0 heterocycles. The maximum atomic E-state index is 13.2. The molecule has 0 fully saturated rings. The van der Waals surface area contributed by atoms with E-state index in [1.807, 2.05) is 31.2 Å². The van der Waals surface area contributed by atoms with Crippen LogP contribution in [0.2, 0.25) is 15.1 Å². The highest BCUT2D eigenvalue weighted by atomic mass is 35.5. The van der Waals surface area contributed by atoms with Gasteiger partial charge in [0.25, 0.3) is 0 Å². The summed E-state index contributed by atoms with van der Waals surface area (Å²) in [5.74, 6) is 0.609. The zero-order valence-corrected chi connectivity index (χ0v) is 18.1. The van der Waals surface area contributed by atoms with Gasteiger partial charge >= 0.3 is 0 Å². The van der Waals surface area contributed by atoms with Gasteiger partial charge in [-0.05, 0) is 48.4 Å². The van der Waals surface area contributed by atoms with Crippen molar-refractivity contribution in [3.8, 4) is 11.5 Å². The zero-order valence-electron chi connectivity index (χ0n) is 15.9. The highest BCUT2D eigenvalue weighted by molar-refractivity contribution is 6.32. The number of hydrogen-bond donors (Lipinski definition) is 1. The number of rotatable bonds is 7. The number of halogens is 4. The Bertz CT molecular complexity index is 1030. The fourth-order valence-corrected chi connectivity index (χ4v) is 3.30. The van der Waals surface area contributed by atoms with Crippen molar-refractivity contribution >= 4 is 40.5 Å². The third-order valence-electron chi connectivity index (χ3n) is 4.39. The van der Waals surface area contributed by atoms with Crippen LogP contribution >= 0.6 is 34.8 Å². The summed E-state index contributed by atoms with van der Waals surface area (Å²) in [6, 6.07) is 13.4. The van der Waals surface area contributed by atoms with Crippen LogP contribution in [0.3, 0.4) is 0 Å². The molecule has 0 unspecified atom stereocenters. The molecule has 7 heteroatoms. The third-order valence-corrected chi connectivity index (χ3v) is 5.50. The summed E-state index contributed by atoms with van der Waals surface area (Å²) in [6.07, 6.45) is 0. The lowest BCUT2D eigenvalue weighted by molar-refractivity contribution is 0.284. The first kappa shape index (κ1) is 21.6. The largest absolute Gasteiger partial charge is 0.493 e. The molecule has 0 bridgehead atoms. The van der Waals surface area contributed by atoms with Crippen molar-refractivity contribution in [2.24, 2.45) is 0 Å². The van der Waals surface area contributed by atoms with E-state index in [2.05, 4.69) is 5.32 Å². The molecule has 0 aromatic heterocycles. The summed E-state index contributed by atoms with van der Waals surface area (Å²) in [5.41, 5.74) is 3.40. The lowest BCUT2D eigenvalue weighted by Crippen LogP contribution is -2.03. The van der Waals surface area contributed by atoms with Crippen LogP contribution in [0, 0.1) is 12.7 Å². The first-order chi connectivity index (χ1) is 13.9. The molecule has 0 spiro atoms. The molecule has 0 amide bonds. The monoisotopic (exact) mass is 453 g/mol. The molecular weight excluding hydrogens is 436 g/mol. The fraction of sp³-hybridized carbons (Fsp3) is 0.182. The van der Waals surface area contributed by atoms with Crippen molar-refractivity contribution in [1.29, 1.82) is 0 Å². The standard InChI is InChI=1S/C22H19Cl3FNO2/c1-13-3-6-17(9-18(13)23)27-11-15-7-21(28-2)22(10-20(15)25)29-12-14-4-5-16(26)8-19(14)24/h3-10,27H,11-12H2,1-2H3. The van der Waals surface area contributed by atoms with E-state index >= 15 is 0 Å². The normalized spacial score (nSPS) is 10.7. The van der Waals surface area contributed by atoms with Gasteiger partial charge in [0.1, 0.15) is 12.4 Å². The van der Waals surface area contributed by atoms with Gasteiger partial charge in [-0.2, -0.15) is 0 Å². The molecule has 152 valence electrons. The number of methoxy groups -OCH3 is 1. The lowest BCUT2D eigenvalue weighted by Gasteiger charge is -2.15. The summed E-state index contributed by atoms with van der Waals surface area (Å²) < 4.78 is 24.4. The van der Waals surface area contributed by atoms with Gasteiger partial charge in [0, 0.05) is 33.9 Å². The first-order valence-electron chi connectivity index (χ1n) is 8.80. The lowest BCUT2D eigenvalue weighted by atomic mass is 10.1. The summed E-state index contributed by atoms with van der Waals surface area (Å²) in [7, 11) is 1.55. The molecule has 0 atom stereocenters. The number of aryl methyl sites for hydroxylation is 1. The number of benzene rings is 3. The average molecular weight is 455 g/mol. The van der Waals surface area contributed by atoms with Gasteiger partial charge in [0.05, 0.1) is 12.1 Å². The van der Waals surface area contributed by atoms with E-state index in [-0.39, 0.29) is 6.61 Å². The van der Waals surface area contributed by atoms with E-state index in [1.54, 1.807) is 19.2 Å². The van der Waals surface area contributed by atoms with Crippen LogP contribution in [0.1, 0.15) is 16.7 Å². The van der Waals surface area contributed by atoms with Crippen LogP contribution in [0.15, 0.2) is 48.5 Å². The highest BCUT2D eigenvalue weighted by Gasteiger charge is 2.12. The van der Waals surface area contributed by atoms with Crippen molar-refractivity contribution in [2.45, 2.75) is 20.1 Å². The Labute approximate surface area is 184 Å². The van der Waals surface area contributed by atoms with Gasteiger partial charge in [0.2, 0.25) is 0 Å². The van der Waals surface area contributed by atoms with Crippen LogP contribution in [0.5, 0.6) is 11.5 Å². The predicted molar refractivity (Wildman–Crippen MR) is 117 cm³/mol. The minimum Gasteiger partial charge on any atom is -0.493 e. The van der Waals surface area contributed by atoms with Gasteiger partial charge in [-0.25, -0.2) is 4.39 Å². The Morgan fingerprint density at radius 1 is 0.862 bits per heavy atom. The Kier molecular flexibility index (Phi) is 7.12. The Hall–Kier alpha value is -2.14. The molecule has 0 radical (unpaired) electrons. The summed E-state index contributed by atoms with van der Waals surface area (Å²) in [5, 5.41) is 4.81. The topological polar surface area (TPSA) is 30.5 Å². The van der Waals surface area contributed by atoms with Crippen molar-refractivity contribution in [2.75, 3.05) is 12.4 Å². The van der Waals surface area contributed by atoms with Crippen LogP contribution in [-0.2, 0) is 13.2 Å². The van der Waals surface area contributed by atoms with E-state index in [4.69, 9.17) is 44.3 Å². The zero-order chi connectivity index (χ0) is 21.0. The number of hydrogen-bond acceptors (Lipinski definition) is 3. The third kappa shape index (κ3) is 5.47. The Morgan fingerprint density at radius 2 is 1.62 bits per heavy atom. The molecule has 3 rings (SSSR count). The second-order valence-corrected chi connectivity index (χ2v) is 7.66. The number of anilines is 1. The molecule has 0 aliphatic rings. The average Bonchev–Trinajstić information content (AvgIpc) is 2.69. The van der Waals surface area contributed by atoms with Crippen molar-refractivity contribution in [1.82, 2.24) is 0 Å². The van der Waals surface area contributed by atoms with Crippen LogP contribution in [0.4, 0.5) is 10.1 Å². The second kappa shape index (κ2) is 9.57. The van der Waals surface area contributed by atoms with Crippen LogP contribution in [-0.4, -0.2) is 7.11 Å². The predicted octanol–water partition coefficient (Wildman–Crippen LogP) is 7.29. The molecule has 3 aromatic carbocycles. The van der Waals surface area contributed by atoms with E-state index in [0.29, 0.717) is 38.7 Å². The summed E-state index contributed by atoms with van der Waals surface area (Å²) >= 11 is 18.7. The van der Waals surface area contributed by atoms with Crippen molar-refractivity contribution < 1.29 is 13.9 Å². The molecule has 3 nitrogen and oxygen atoms in total. The van der Waals surface area contributed by atoms with E-state index in [9.17, 15) is 4.39 Å². The van der Waals surface area contributed by atoms with Gasteiger partial charge in [0.15, 0.2) is 11.5 Å². The highest BCUT2D eigenvalue weighted by Crippen LogP contribution is 2.35. The van der Waals surface area contributed by atoms with Gasteiger partial charge in [-0.1, -0.05) is 46.9 Å². The second-order valence-electron chi connectivity index (χ2n) is 6.44. The van der Waals surface area contributed by atoms with E-state index in [1.165, 1.54) is 12.1 Å². The first-order valence-corrected chi connectivity index (χ1v) is 9.94. The van der Waals surface area contributed by atoms with E-state index < -0.39 is 5.82 Å². The quantitative estimate of drug-likeness (QED) is 0.406. The maximum Gasteiger partial charge on any atom is 0.163 e. The summed E-state index contributed by atoms with van der Waals surface area (Å²) in [6.45, 7) is 2.59. The van der Waals surface area contributed by atoms with Crippen molar-refractivity contribution in [3.63, 3.8) is 0 Å². The molecule has 1 N–H and O–H groups in total. The number of ether oxygens (including phenoxy) is 2. The van der Waals surface area contributed by atoms with Crippen LogP contribution in [0.25, 0.3) is 0 Å². The summed E-state index contributed by atoms with van der Waals surface area (Å²) in [4.78, 5) is 0. The van der Waals surface area contributed by atoms with Gasteiger partial charge in [-0.3, -0.25) is 0 Å². The Morgan fingerprint density at radius 3 is 2.31 bits per heavy atom. The molecule has 0 saturated heterocycles. The number of nitrogens with one attached hydrogen (secondary N) is 1. The van der Waals surface area contributed by atoms with Gasteiger partial charge in [-0.15, -0.1) is 0 Å². The minimum absolute atomic E-state index is 0.158. The van der Waals surface area contributed by atoms with Crippen LogP contribution < -0.4 is 14.8 Å². The smallest absolute Gasteiger partial charge is 0.163 e. The maximum absolute atomic E-state index is 13.2. The fourth-order valence-electron chi connectivity index (χ4n) is 2.68. The molecule has 3 aromatic rings. The minimum atomic E-state index is -0.397. The molecule has 0 aliphatic carbocycles. The molecule has 0 saturated carbocycles. The molecule has 0 aliphatic heterocycles. The molecular formula is C22H19Cl3FNO2. The SMILES string of the molecule is COc1cc(CNc2ccc(C)c(Cl)c2)c(Cl)cc1OCc1ccc(F)cc1Cl. The Balaban J connectivity index is 1.73. The molecule has 29 heavy (non-hydrogen) atoms. The van der Waals surface area contributed by atoms with E-state index in [0.717, 1.165) is 16.8 Å². The van der Waals surface area contributed by atoms with Crippen molar-refractivity contribution in [3.05, 3.63) is 86.1 Å². The van der Waals surface area contributed by atoms with Gasteiger partial charge < -0.3 is 14.8 Å².